The molecule has 0 aliphatic heterocycles. The van der Waals surface area contributed by atoms with Gasteiger partial charge in [0.2, 0.25) is 0 Å². The molecule has 6 nitrogen and oxygen atoms in total. The summed E-state index contributed by atoms with van der Waals surface area (Å²) in [5.74, 6) is -1.03. The van der Waals surface area contributed by atoms with E-state index in [2.05, 4.69) is 10.6 Å². The lowest BCUT2D eigenvalue weighted by atomic mass is 9.80. The number of carboxylic acids is 1. The quantitative estimate of drug-likeness (QED) is 0.769. The van der Waals surface area contributed by atoms with E-state index in [-0.39, 0.29) is 17.2 Å². The zero-order valence-electron chi connectivity index (χ0n) is 11.3. The first-order chi connectivity index (χ1) is 9.54. The summed E-state index contributed by atoms with van der Waals surface area (Å²) < 4.78 is 5.40. The molecule has 0 unspecified atom stereocenters. The summed E-state index contributed by atoms with van der Waals surface area (Å²) >= 11 is 0. The van der Waals surface area contributed by atoms with E-state index < -0.39 is 5.97 Å². The Kier molecular flexibility index (Phi) is 4.24. The number of anilines is 1. The molecule has 0 saturated heterocycles. The van der Waals surface area contributed by atoms with Crippen LogP contribution in [0.5, 0.6) is 0 Å². The summed E-state index contributed by atoms with van der Waals surface area (Å²) in [5.41, 5.74) is 0.345. The van der Waals surface area contributed by atoms with Crippen LogP contribution in [0.25, 0.3) is 0 Å². The Balaban J connectivity index is 1.88. The predicted octanol–water partition coefficient (Wildman–Crippen LogP) is 2.08. The number of hydrogen-bond donors (Lipinski definition) is 3. The summed E-state index contributed by atoms with van der Waals surface area (Å²) in [6, 6.07) is 5.75. The molecule has 1 aliphatic rings. The first kappa shape index (κ1) is 14.3. The second-order valence-electron chi connectivity index (χ2n) is 4.93. The summed E-state index contributed by atoms with van der Waals surface area (Å²) in [6.07, 6.45) is 2.99. The molecule has 0 spiro atoms. The van der Waals surface area contributed by atoms with Crippen LogP contribution in [0.3, 0.4) is 0 Å². The van der Waals surface area contributed by atoms with Crippen LogP contribution < -0.4 is 10.6 Å². The van der Waals surface area contributed by atoms with Gasteiger partial charge in [-0.2, -0.15) is 0 Å². The molecular weight excluding hydrogens is 260 g/mol. The molecule has 0 bridgehead atoms. The number of ether oxygens (including phenoxy) is 1. The van der Waals surface area contributed by atoms with Crippen molar-refractivity contribution >= 4 is 17.7 Å². The van der Waals surface area contributed by atoms with Crippen molar-refractivity contribution in [2.75, 3.05) is 19.0 Å². The fourth-order valence-corrected chi connectivity index (χ4v) is 2.17. The molecule has 0 heterocycles. The van der Waals surface area contributed by atoms with Gasteiger partial charge >= 0.3 is 12.0 Å². The Labute approximate surface area is 117 Å². The maximum Gasteiger partial charge on any atom is 0.335 e. The zero-order chi connectivity index (χ0) is 14.6. The number of carbonyl (C=O) groups excluding carboxylic acids is 1. The van der Waals surface area contributed by atoms with E-state index in [1.54, 1.807) is 19.2 Å². The molecule has 6 heteroatoms. The lowest BCUT2D eigenvalue weighted by Crippen LogP contribution is -2.50. The summed E-state index contributed by atoms with van der Waals surface area (Å²) in [6.45, 7) is 0.452. The van der Waals surface area contributed by atoms with Crippen molar-refractivity contribution in [2.45, 2.75) is 24.9 Å². The van der Waals surface area contributed by atoms with Gasteiger partial charge in [-0.25, -0.2) is 9.59 Å². The number of methoxy groups -OCH3 is 1. The molecule has 20 heavy (non-hydrogen) atoms. The van der Waals surface area contributed by atoms with Gasteiger partial charge in [0.05, 0.1) is 11.2 Å². The molecule has 0 atom stereocenters. The zero-order valence-corrected chi connectivity index (χ0v) is 11.3. The molecule has 2 rings (SSSR count). The van der Waals surface area contributed by atoms with Crippen molar-refractivity contribution in [1.82, 2.24) is 5.32 Å². The Hall–Kier alpha value is -2.08. The third-order valence-corrected chi connectivity index (χ3v) is 3.64. The number of urea groups is 1. The van der Waals surface area contributed by atoms with Crippen molar-refractivity contribution in [3.63, 3.8) is 0 Å². The highest BCUT2D eigenvalue weighted by Gasteiger charge is 2.37. The van der Waals surface area contributed by atoms with Gasteiger partial charge in [0.1, 0.15) is 0 Å². The fourth-order valence-electron chi connectivity index (χ4n) is 2.17. The van der Waals surface area contributed by atoms with Crippen molar-refractivity contribution in [3.8, 4) is 0 Å². The fraction of sp³-hybridized carbons (Fsp3) is 0.429. The summed E-state index contributed by atoms with van der Waals surface area (Å²) in [5, 5.41) is 14.2. The number of amides is 2. The number of hydrogen-bond acceptors (Lipinski definition) is 3. The number of rotatable bonds is 5. The van der Waals surface area contributed by atoms with Gasteiger partial charge in [0.15, 0.2) is 0 Å². The minimum absolute atomic E-state index is 0.134. The predicted molar refractivity (Wildman–Crippen MR) is 74.0 cm³/mol. The Morgan fingerprint density at radius 3 is 2.70 bits per heavy atom. The van der Waals surface area contributed by atoms with Gasteiger partial charge in [-0.3, -0.25) is 0 Å². The van der Waals surface area contributed by atoms with Crippen molar-refractivity contribution in [2.24, 2.45) is 0 Å². The van der Waals surface area contributed by atoms with Crippen molar-refractivity contribution in [3.05, 3.63) is 29.8 Å². The monoisotopic (exact) mass is 278 g/mol. The third kappa shape index (κ3) is 3.27. The van der Waals surface area contributed by atoms with Gasteiger partial charge < -0.3 is 20.5 Å². The van der Waals surface area contributed by atoms with Gasteiger partial charge in [0.25, 0.3) is 0 Å². The summed E-state index contributed by atoms with van der Waals surface area (Å²) in [4.78, 5) is 22.6. The molecule has 1 aromatic carbocycles. The largest absolute Gasteiger partial charge is 0.478 e. The Morgan fingerprint density at radius 2 is 2.15 bits per heavy atom. The first-order valence-electron chi connectivity index (χ1n) is 6.48. The number of carboxylic acid groups (broad SMARTS) is 1. The molecule has 1 fully saturated rings. The Morgan fingerprint density at radius 1 is 1.40 bits per heavy atom. The molecule has 0 aromatic heterocycles. The SMILES string of the molecule is COC1(CNC(=O)Nc2cccc(C(=O)O)c2)CCC1. The van der Waals surface area contributed by atoms with Crippen LogP contribution >= 0.6 is 0 Å². The molecule has 108 valence electrons. The van der Waals surface area contributed by atoms with Gasteiger partial charge in [0, 0.05) is 19.3 Å². The van der Waals surface area contributed by atoms with Gasteiger partial charge in [-0.1, -0.05) is 6.07 Å². The van der Waals surface area contributed by atoms with Crippen LogP contribution in [0, 0.1) is 0 Å². The number of carbonyl (C=O) groups is 2. The lowest BCUT2D eigenvalue weighted by Gasteiger charge is -2.40. The van der Waals surface area contributed by atoms with Crippen molar-refractivity contribution in [1.29, 1.82) is 0 Å². The first-order valence-corrected chi connectivity index (χ1v) is 6.48. The lowest BCUT2D eigenvalue weighted by molar-refractivity contribution is -0.0671. The minimum Gasteiger partial charge on any atom is -0.478 e. The van der Waals surface area contributed by atoms with E-state index in [9.17, 15) is 9.59 Å². The molecule has 1 saturated carbocycles. The van der Waals surface area contributed by atoms with E-state index in [0.29, 0.717) is 12.2 Å². The highest BCUT2D eigenvalue weighted by Crippen LogP contribution is 2.34. The number of aromatic carboxylic acids is 1. The topological polar surface area (TPSA) is 87.7 Å². The number of benzene rings is 1. The van der Waals surface area contributed by atoms with E-state index in [0.717, 1.165) is 19.3 Å². The Bertz CT molecular complexity index is 506. The third-order valence-electron chi connectivity index (χ3n) is 3.64. The number of nitrogens with one attached hydrogen (secondary N) is 2. The van der Waals surface area contributed by atoms with Crippen LogP contribution in [0.1, 0.15) is 29.6 Å². The molecular formula is C14H18N2O4. The minimum atomic E-state index is -1.03. The van der Waals surface area contributed by atoms with Crippen LogP contribution in [0.15, 0.2) is 24.3 Å². The second kappa shape index (κ2) is 5.92. The van der Waals surface area contributed by atoms with Crippen LogP contribution in [-0.2, 0) is 4.74 Å². The average Bonchev–Trinajstić information content (AvgIpc) is 2.38. The standard InChI is InChI=1S/C14H18N2O4/c1-20-14(6-3-7-14)9-15-13(19)16-11-5-2-4-10(8-11)12(17)18/h2,4-5,8H,3,6-7,9H2,1H3,(H,17,18)(H2,15,16,19). The van der Waals surface area contributed by atoms with Gasteiger partial charge in [-0.05, 0) is 37.5 Å². The van der Waals surface area contributed by atoms with E-state index >= 15 is 0 Å². The molecule has 3 N–H and O–H groups in total. The maximum absolute atomic E-state index is 11.8. The smallest absolute Gasteiger partial charge is 0.335 e. The van der Waals surface area contributed by atoms with E-state index in [1.165, 1.54) is 12.1 Å². The van der Waals surface area contributed by atoms with Gasteiger partial charge in [-0.15, -0.1) is 0 Å². The van der Waals surface area contributed by atoms with Crippen LogP contribution in [-0.4, -0.2) is 36.4 Å². The second-order valence-corrected chi connectivity index (χ2v) is 4.93. The normalized spacial score (nSPS) is 16.1. The van der Waals surface area contributed by atoms with Crippen LogP contribution in [0.4, 0.5) is 10.5 Å². The summed E-state index contributed by atoms with van der Waals surface area (Å²) in [7, 11) is 1.65. The highest BCUT2D eigenvalue weighted by atomic mass is 16.5. The molecule has 1 aromatic rings. The molecule has 0 radical (unpaired) electrons. The van der Waals surface area contributed by atoms with E-state index in [4.69, 9.17) is 9.84 Å². The maximum atomic E-state index is 11.8. The van der Waals surface area contributed by atoms with Crippen molar-refractivity contribution < 1.29 is 19.4 Å². The van der Waals surface area contributed by atoms with Crippen LogP contribution in [0.2, 0.25) is 0 Å². The molecule has 1 aliphatic carbocycles. The molecule has 2 amide bonds. The average molecular weight is 278 g/mol. The highest BCUT2D eigenvalue weighted by molar-refractivity contribution is 5.93. The van der Waals surface area contributed by atoms with E-state index in [1.807, 2.05) is 0 Å².